The number of ether oxygens (including phenoxy) is 1. The van der Waals surface area contributed by atoms with Crippen molar-refractivity contribution in [3.8, 4) is 0 Å². The molecule has 0 aliphatic carbocycles. The molecule has 1 aromatic heterocycles. The zero-order valence-corrected chi connectivity index (χ0v) is 18.1. The molecule has 27 heavy (non-hydrogen) atoms. The van der Waals surface area contributed by atoms with Crippen LogP contribution in [-0.2, 0) is 11.4 Å². The quantitative estimate of drug-likeness (QED) is 0.511. The summed E-state index contributed by atoms with van der Waals surface area (Å²) in [5.74, 6) is 0. The highest BCUT2D eigenvalue weighted by Gasteiger charge is 2.23. The maximum absolute atomic E-state index is 6.37. The Balaban J connectivity index is 1.52. The molecule has 2 aromatic rings. The minimum absolute atomic E-state index is 0.318. The van der Waals surface area contributed by atoms with Crippen molar-refractivity contribution in [2.45, 2.75) is 19.6 Å². The molecule has 0 spiro atoms. The van der Waals surface area contributed by atoms with Crippen molar-refractivity contribution in [3.05, 3.63) is 38.8 Å². The van der Waals surface area contributed by atoms with E-state index in [0.717, 1.165) is 53.5 Å². The number of aromatic nitrogens is 2. The van der Waals surface area contributed by atoms with E-state index in [1.807, 2.05) is 16.8 Å². The smallest absolute Gasteiger partial charge is 0.204 e. The number of piperazine rings is 1. The van der Waals surface area contributed by atoms with E-state index in [2.05, 4.69) is 39.3 Å². The van der Waals surface area contributed by atoms with Crippen molar-refractivity contribution in [2.75, 3.05) is 51.8 Å². The Labute approximate surface area is 174 Å². The molecule has 1 aromatic carbocycles. The summed E-state index contributed by atoms with van der Waals surface area (Å²) >= 11 is 13.3. The fourth-order valence-electron chi connectivity index (χ4n) is 3.22. The van der Waals surface area contributed by atoms with Gasteiger partial charge in [0.05, 0.1) is 13.3 Å². The van der Waals surface area contributed by atoms with E-state index in [4.69, 9.17) is 28.6 Å². The number of hydrogen-bond acceptors (Lipinski definition) is 7. The first-order valence-corrected chi connectivity index (χ1v) is 10.7. The van der Waals surface area contributed by atoms with Crippen LogP contribution in [0.5, 0.6) is 0 Å². The molecule has 3 rings (SSSR count). The monoisotopic (exact) mass is 427 g/mol. The molecule has 0 unspecified atom stereocenters. The zero-order chi connectivity index (χ0) is 19.2. The van der Waals surface area contributed by atoms with Gasteiger partial charge in [-0.25, -0.2) is 4.68 Å². The maximum Gasteiger partial charge on any atom is 0.204 e. The van der Waals surface area contributed by atoms with Crippen molar-refractivity contribution in [1.29, 1.82) is 0 Å². The molecule has 6 nitrogen and oxygen atoms in total. The number of rotatable bonds is 8. The van der Waals surface area contributed by atoms with E-state index >= 15 is 0 Å². The minimum atomic E-state index is 0.318. The van der Waals surface area contributed by atoms with Crippen LogP contribution in [0.25, 0.3) is 0 Å². The second-order valence-electron chi connectivity index (χ2n) is 6.59. The normalized spacial score (nSPS) is 17.1. The fraction of sp³-hybridized carbons (Fsp3) is 0.556. The van der Waals surface area contributed by atoms with Crippen molar-refractivity contribution < 1.29 is 4.74 Å². The largest absolute Gasteiger partial charge is 0.383 e. The minimum Gasteiger partial charge on any atom is -0.383 e. The van der Waals surface area contributed by atoms with Gasteiger partial charge < -0.3 is 10.1 Å². The summed E-state index contributed by atoms with van der Waals surface area (Å²) in [5, 5.41) is 9.52. The molecule has 1 fully saturated rings. The molecular formula is C18H26ClN5OS2. The summed E-state index contributed by atoms with van der Waals surface area (Å²) in [6.07, 6.45) is 0. The topological polar surface area (TPSA) is 45.6 Å². The number of nitrogens with zero attached hydrogens (tertiary/aromatic N) is 4. The Morgan fingerprint density at radius 1 is 1.30 bits per heavy atom. The molecule has 1 aliphatic rings. The van der Waals surface area contributed by atoms with Crippen LogP contribution in [0.4, 0.5) is 5.13 Å². The maximum atomic E-state index is 6.37. The van der Waals surface area contributed by atoms with Gasteiger partial charge in [-0.15, -0.1) is 5.10 Å². The number of benzene rings is 1. The highest BCUT2D eigenvalue weighted by Crippen LogP contribution is 2.27. The van der Waals surface area contributed by atoms with E-state index in [1.165, 1.54) is 16.9 Å². The Hall–Kier alpha value is -1.03. The molecular weight excluding hydrogens is 402 g/mol. The van der Waals surface area contributed by atoms with Crippen molar-refractivity contribution in [1.82, 2.24) is 19.6 Å². The molecule has 1 N–H and O–H groups in total. The van der Waals surface area contributed by atoms with Gasteiger partial charge in [0.15, 0.2) is 3.95 Å². The van der Waals surface area contributed by atoms with Crippen LogP contribution in [0.2, 0.25) is 5.02 Å². The summed E-state index contributed by atoms with van der Waals surface area (Å²) < 4.78 is 7.75. The van der Waals surface area contributed by atoms with Gasteiger partial charge >= 0.3 is 0 Å². The van der Waals surface area contributed by atoms with Gasteiger partial charge in [0.25, 0.3) is 0 Å². The molecule has 1 aliphatic heterocycles. The Morgan fingerprint density at radius 2 is 2.04 bits per heavy atom. The molecule has 0 bridgehead atoms. The lowest BCUT2D eigenvalue weighted by molar-refractivity contribution is 0.0792. The zero-order valence-electron chi connectivity index (χ0n) is 15.7. The van der Waals surface area contributed by atoms with Gasteiger partial charge in [-0.05, 0) is 30.8 Å². The Bertz CT molecular complexity index is 788. The lowest BCUT2D eigenvalue weighted by atomic mass is 10.1. The van der Waals surface area contributed by atoms with Gasteiger partial charge in [-0.3, -0.25) is 9.80 Å². The summed E-state index contributed by atoms with van der Waals surface area (Å²) in [6.45, 7) is 8.32. The van der Waals surface area contributed by atoms with Gasteiger partial charge in [0.2, 0.25) is 5.13 Å². The Morgan fingerprint density at radius 3 is 2.74 bits per heavy atom. The third-order valence-electron chi connectivity index (χ3n) is 4.83. The molecule has 9 heteroatoms. The fourth-order valence-corrected chi connectivity index (χ4v) is 4.53. The third-order valence-corrected chi connectivity index (χ3v) is 6.44. The first-order chi connectivity index (χ1) is 13.1. The average Bonchev–Trinajstić information content (AvgIpc) is 3.02. The lowest BCUT2D eigenvalue weighted by Crippen LogP contribution is -2.47. The van der Waals surface area contributed by atoms with E-state index < -0.39 is 0 Å². The summed E-state index contributed by atoms with van der Waals surface area (Å²) in [5.41, 5.74) is 1.20. The van der Waals surface area contributed by atoms with Gasteiger partial charge in [-0.2, -0.15) is 0 Å². The number of nitrogens with one attached hydrogen (secondary N) is 1. The third kappa shape index (κ3) is 5.49. The van der Waals surface area contributed by atoms with Crippen LogP contribution < -0.4 is 5.32 Å². The highest BCUT2D eigenvalue weighted by atomic mass is 35.5. The summed E-state index contributed by atoms with van der Waals surface area (Å²) in [4.78, 5) is 4.88. The second-order valence-corrected chi connectivity index (χ2v) is 8.61. The first-order valence-electron chi connectivity index (χ1n) is 9.10. The van der Waals surface area contributed by atoms with Gasteiger partial charge in [0.1, 0.15) is 0 Å². The van der Waals surface area contributed by atoms with Crippen LogP contribution in [0.15, 0.2) is 24.3 Å². The standard InChI is InChI=1S/C18H26ClN5OS2/c1-14(15-5-3-4-6-16(15)19)23-10-8-22(9-11-23)13-24-18(26)27-17(21-24)20-7-12-25-2/h3-6,14H,7-13H2,1-2H3,(H,20,21)/t14-/m0/s1. The van der Waals surface area contributed by atoms with E-state index in [-0.39, 0.29) is 0 Å². The molecule has 2 heterocycles. The molecule has 1 saturated heterocycles. The van der Waals surface area contributed by atoms with Crippen LogP contribution in [0, 0.1) is 3.95 Å². The van der Waals surface area contributed by atoms with E-state index in [1.54, 1.807) is 7.11 Å². The van der Waals surface area contributed by atoms with E-state index in [9.17, 15) is 0 Å². The average molecular weight is 428 g/mol. The predicted molar refractivity (Wildman–Crippen MR) is 114 cm³/mol. The lowest BCUT2D eigenvalue weighted by Gasteiger charge is -2.38. The SMILES string of the molecule is COCCNc1nn(CN2CCN([C@@H](C)c3ccccc3Cl)CC2)c(=S)s1. The van der Waals surface area contributed by atoms with Gasteiger partial charge in [-0.1, -0.05) is 41.1 Å². The van der Waals surface area contributed by atoms with Crippen LogP contribution in [-0.4, -0.2) is 66.0 Å². The number of anilines is 1. The van der Waals surface area contributed by atoms with E-state index in [0.29, 0.717) is 12.6 Å². The first kappa shape index (κ1) is 20.7. The molecule has 148 valence electrons. The van der Waals surface area contributed by atoms with Crippen molar-refractivity contribution >= 4 is 40.3 Å². The number of hydrogen-bond donors (Lipinski definition) is 1. The molecule has 1 atom stereocenters. The molecule has 0 radical (unpaired) electrons. The van der Waals surface area contributed by atoms with Gasteiger partial charge in [0, 0.05) is 50.9 Å². The number of halogens is 1. The Kier molecular flexibility index (Phi) is 7.63. The number of methoxy groups -OCH3 is 1. The summed E-state index contributed by atoms with van der Waals surface area (Å²) in [7, 11) is 1.69. The second kappa shape index (κ2) is 9.95. The summed E-state index contributed by atoms with van der Waals surface area (Å²) in [6, 6.07) is 8.43. The molecule has 0 amide bonds. The van der Waals surface area contributed by atoms with Crippen LogP contribution in [0.3, 0.4) is 0 Å². The predicted octanol–water partition coefficient (Wildman–Crippen LogP) is 3.72. The van der Waals surface area contributed by atoms with Crippen LogP contribution in [0.1, 0.15) is 18.5 Å². The van der Waals surface area contributed by atoms with Crippen molar-refractivity contribution in [3.63, 3.8) is 0 Å². The highest BCUT2D eigenvalue weighted by molar-refractivity contribution is 7.73. The van der Waals surface area contributed by atoms with Crippen LogP contribution >= 0.6 is 35.2 Å². The molecule has 0 saturated carbocycles. The van der Waals surface area contributed by atoms with Crippen molar-refractivity contribution in [2.24, 2.45) is 0 Å².